The molecule has 5 nitrogen and oxygen atoms in total. The van der Waals surface area contributed by atoms with Crippen LogP contribution >= 0.6 is 0 Å². The third kappa shape index (κ3) is 3.03. The van der Waals surface area contributed by atoms with Gasteiger partial charge in [0.05, 0.1) is 6.04 Å². The molecule has 5 heteroatoms. The Hall–Kier alpha value is -2.66. The summed E-state index contributed by atoms with van der Waals surface area (Å²) in [6, 6.07) is 15.8. The zero-order chi connectivity index (χ0) is 17.1. The molecule has 0 heterocycles. The van der Waals surface area contributed by atoms with Crippen molar-refractivity contribution in [3.05, 3.63) is 59.7 Å². The number of amides is 2. The van der Waals surface area contributed by atoms with Gasteiger partial charge >= 0.3 is 6.09 Å². The lowest BCUT2D eigenvalue weighted by Gasteiger charge is -2.15. The maximum Gasteiger partial charge on any atom is 0.413 e. The van der Waals surface area contributed by atoms with Crippen molar-refractivity contribution < 1.29 is 14.3 Å². The van der Waals surface area contributed by atoms with Gasteiger partial charge < -0.3 is 10.1 Å². The molecule has 1 atom stereocenters. The quantitative estimate of drug-likeness (QED) is 0.907. The Morgan fingerprint density at radius 2 is 1.58 bits per heavy atom. The minimum atomic E-state index is -0.719. The van der Waals surface area contributed by atoms with Gasteiger partial charge in [0, 0.05) is 5.92 Å². The highest BCUT2D eigenvalue weighted by Crippen LogP contribution is 2.44. The predicted octanol–water partition coefficient (Wildman–Crippen LogP) is 2.66. The molecule has 0 aromatic heterocycles. The first-order valence-electron chi connectivity index (χ1n) is 7.95. The second kappa shape index (κ2) is 6.84. The molecule has 2 aromatic carbocycles. The maximum absolute atomic E-state index is 11.9. The van der Waals surface area contributed by atoms with E-state index in [4.69, 9.17) is 4.74 Å². The molecule has 1 aliphatic carbocycles. The van der Waals surface area contributed by atoms with Crippen molar-refractivity contribution in [2.75, 3.05) is 13.7 Å². The van der Waals surface area contributed by atoms with Crippen LogP contribution in [0.15, 0.2) is 48.5 Å². The van der Waals surface area contributed by atoms with Crippen LogP contribution in [0.3, 0.4) is 0 Å². The Kier molecular flexibility index (Phi) is 4.62. The van der Waals surface area contributed by atoms with Gasteiger partial charge in [0.25, 0.3) is 0 Å². The summed E-state index contributed by atoms with van der Waals surface area (Å²) >= 11 is 0. The number of benzene rings is 2. The summed E-state index contributed by atoms with van der Waals surface area (Å²) in [5.74, 6) is -0.422. The molecule has 0 radical (unpaired) electrons. The van der Waals surface area contributed by atoms with Crippen LogP contribution in [0.1, 0.15) is 24.0 Å². The first kappa shape index (κ1) is 16.2. The number of hydrogen-bond acceptors (Lipinski definition) is 4. The summed E-state index contributed by atoms with van der Waals surface area (Å²) < 4.78 is 5.31. The van der Waals surface area contributed by atoms with Gasteiger partial charge in [0.1, 0.15) is 6.61 Å². The van der Waals surface area contributed by atoms with Crippen LogP contribution in [0.2, 0.25) is 0 Å². The van der Waals surface area contributed by atoms with E-state index in [2.05, 4.69) is 34.9 Å². The molecular formula is C19H20N2O3. The normalized spacial score (nSPS) is 13.8. The van der Waals surface area contributed by atoms with Crippen molar-refractivity contribution in [3.63, 3.8) is 0 Å². The van der Waals surface area contributed by atoms with Crippen molar-refractivity contribution in [1.82, 2.24) is 10.6 Å². The Morgan fingerprint density at radius 3 is 2.12 bits per heavy atom. The highest BCUT2D eigenvalue weighted by atomic mass is 16.5. The first-order chi connectivity index (χ1) is 11.6. The number of hydrogen-bond donors (Lipinski definition) is 2. The molecule has 3 rings (SSSR count). The van der Waals surface area contributed by atoms with E-state index in [-0.39, 0.29) is 12.5 Å². The number of nitrogens with one attached hydrogen (secondary N) is 2. The maximum atomic E-state index is 11.9. The van der Waals surface area contributed by atoms with E-state index < -0.39 is 18.0 Å². The van der Waals surface area contributed by atoms with Gasteiger partial charge in [0.15, 0.2) is 0 Å². The summed E-state index contributed by atoms with van der Waals surface area (Å²) in [7, 11) is 1.65. The van der Waals surface area contributed by atoms with Crippen molar-refractivity contribution in [2.45, 2.75) is 18.9 Å². The Bertz CT molecular complexity index is 727. The average Bonchev–Trinajstić information content (AvgIpc) is 2.93. The number of rotatable bonds is 4. The number of alkyl carbamates (subject to hydrolysis) is 1. The Balaban J connectivity index is 1.72. The van der Waals surface area contributed by atoms with Crippen molar-refractivity contribution in [2.24, 2.45) is 0 Å². The summed E-state index contributed by atoms with van der Waals surface area (Å²) in [5.41, 5.74) is 4.62. The molecule has 2 amide bonds. The molecule has 1 aliphatic rings. The van der Waals surface area contributed by atoms with Gasteiger partial charge in [-0.05, 0) is 36.2 Å². The van der Waals surface area contributed by atoms with E-state index in [0.717, 1.165) is 11.1 Å². The Labute approximate surface area is 141 Å². The zero-order valence-corrected chi connectivity index (χ0v) is 13.7. The van der Waals surface area contributed by atoms with E-state index in [1.54, 1.807) is 14.0 Å². The molecule has 0 spiro atoms. The smallest absolute Gasteiger partial charge is 0.413 e. The molecule has 2 aromatic rings. The van der Waals surface area contributed by atoms with E-state index in [0.29, 0.717) is 0 Å². The molecule has 24 heavy (non-hydrogen) atoms. The number of likely N-dealkylation sites (N-methyl/N-ethyl adjacent to an activating group) is 1. The monoisotopic (exact) mass is 324 g/mol. The lowest BCUT2D eigenvalue weighted by atomic mass is 9.98. The van der Waals surface area contributed by atoms with Crippen LogP contribution in [-0.2, 0) is 9.53 Å². The number of imide groups is 1. The van der Waals surface area contributed by atoms with Crippen molar-refractivity contribution in [3.8, 4) is 11.1 Å². The van der Waals surface area contributed by atoms with Gasteiger partial charge in [-0.25, -0.2) is 4.79 Å². The molecule has 124 valence electrons. The molecule has 0 saturated carbocycles. The lowest BCUT2D eigenvalue weighted by molar-refractivity contribution is -0.121. The summed E-state index contributed by atoms with van der Waals surface area (Å²) in [4.78, 5) is 23.6. The van der Waals surface area contributed by atoms with E-state index >= 15 is 0 Å². The highest BCUT2D eigenvalue weighted by molar-refractivity contribution is 5.94. The van der Waals surface area contributed by atoms with Gasteiger partial charge in [-0.15, -0.1) is 0 Å². The van der Waals surface area contributed by atoms with Gasteiger partial charge in [-0.2, -0.15) is 0 Å². The van der Waals surface area contributed by atoms with Crippen LogP contribution in [0.4, 0.5) is 4.79 Å². The lowest BCUT2D eigenvalue weighted by Crippen LogP contribution is -2.43. The van der Waals surface area contributed by atoms with Crippen LogP contribution in [0.5, 0.6) is 0 Å². The molecule has 0 aliphatic heterocycles. The average molecular weight is 324 g/mol. The number of ether oxygens (including phenoxy) is 1. The largest absolute Gasteiger partial charge is 0.448 e. The topological polar surface area (TPSA) is 67.4 Å². The van der Waals surface area contributed by atoms with Crippen molar-refractivity contribution >= 4 is 12.0 Å². The number of carbonyl (C=O) groups excluding carboxylic acids is 2. The Morgan fingerprint density at radius 1 is 1.04 bits per heavy atom. The van der Waals surface area contributed by atoms with Crippen LogP contribution in [0.25, 0.3) is 11.1 Å². The van der Waals surface area contributed by atoms with Gasteiger partial charge in [-0.1, -0.05) is 48.5 Å². The highest BCUT2D eigenvalue weighted by Gasteiger charge is 2.29. The van der Waals surface area contributed by atoms with E-state index in [1.165, 1.54) is 11.1 Å². The summed E-state index contributed by atoms with van der Waals surface area (Å²) in [6.07, 6.45) is -0.719. The molecule has 0 saturated heterocycles. The molecular weight excluding hydrogens is 304 g/mol. The van der Waals surface area contributed by atoms with Gasteiger partial charge in [-0.3, -0.25) is 10.1 Å². The third-order valence-corrected chi connectivity index (χ3v) is 4.40. The molecule has 2 N–H and O–H groups in total. The first-order valence-corrected chi connectivity index (χ1v) is 7.95. The second-order valence-corrected chi connectivity index (χ2v) is 5.83. The zero-order valence-electron chi connectivity index (χ0n) is 13.7. The minimum absolute atomic E-state index is 0.0139. The summed E-state index contributed by atoms with van der Waals surface area (Å²) in [5, 5.41) is 5.01. The fourth-order valence-corrected chi connectivity index (χ4v) is 2.97. The van der Waals surface area contributed by atoms with Gasteiger partial charge in [0.2, 0.25) is 5.91 Å². The van der Waals surface area contributed by atoms with Crippen LogP contribution < -0.4 is 10.6 Å². The minimum Gasteiger partial charge on any atom is -0.448 e. The second-order valence-electron chi connectivity index (χ2n) is 5.83. The van der Waals surface area contributed by atoms with E-state index in [9.17, 15) is 9.59 Å². The SMILES string of the molecule is CN[C@@H](C)C(=O)NC(=O)OCC1c2ccccc2-c2ccccc21. The fraction of sp³-hybridized carbons (Fsp3) is 0.263. The third-order valence-electron chi connectivity index (χ3n) is 4.40. The standard InChI is InChI=1S/C19H20N2O3/c1-12(20-2)18(22)21-19(23)24-11-17-15-9-5-3-7-13(15)14-8-4-6-10-16(14)17/h3-10,12,17,20H,11H2,1-2H3,(H,21,22,23)/t12-/m0/s1. The predicted molar refractivity (Wildman–Crippen MR) is 91.7 cm³/mol. The number of carbonyl (C=O) groups is 2. The number of fused-ring (bicyclic) bond motifs is 3. The molecule has 0 fully saturated rings. The van der Waals surface area contributed by atoms with Crippen molar-refractivity contribution in [1.29, 1.82) is 0 Å². The van der Waals surface area contributed by atoms with Crippen LogP contribution in [0, 0.1) is 0 Å². The molecule has 0 bridgehead atoms. The fourth-order valence-electron chi connectivity index (χ4n) is 2.97. The summed E-state index contributed by atoms with van der Waals surface area (Å²) in [6.45, 7) is 1.87. The van der Waals surface area contributed by atoms with Crippen LogP contribution in [-0.4, -0.2) is 31.7 Å². The van der Waals surface area contributed by atoms with E-state index in [1.807, 2.05) is 24.3 Å². The molecule has 0 unspecified atom stereocenters.